The number of halogens is 1. The molecule has 1 aliphatic carbocycles. The van der Waals surface area contributed by atoms with Crippen LogP contribution in [0.3, 0.4) is 0 Å². The van der Waals surface area contributed by atoms with E-state index in [-0.39, 0.29) is 30.8 Å². The molecular formula is C17H25ClN2O4. The second-order valence-electron chi connectivity index (χ2n) is 6.18. The third-order valence-corrected chi connectivity index (χ3v) is 4.28. The van der Waals surface area contributed by atoms with Gasteiger partial charge in [0.15, 0.2) is 6.61 Å². The van der Waals surface area contributed by atoms with E-state index in [0.29, 0.717) is 11.4 Å². The van der Waals surface area contributed by atoms with Crippen molar-refractivity contribution in [2.75, 3.05) is 19.0 Å². The fourth-order valence-corrected chi connectivity index (χ4v) is 2.85. The number of rotatable bonds is 5. The summed E-state index contributed by atoms with van der Waals surface area (Å²) >= 11 is 0. The quantitative estimate of drug-likeness (QED) is 0.791. The number of nitrogens with two attached hydrogens (primary N) is 1. The van der Waals surface area contributed by atoms with Crippen LogP contribution in [0.15, 0.2) is 24.3 Å². The third kappa shape index (κ3) is 5.39. The van der Waals surface area contributed by atoms with E-state index in [9.17, 15) is 9.59 Å². The van der Waals surface area contributed by atoms with Crippen molar-refractivity contribution in [2.45, 2.75) is 38.1 Å². The molecule has 134 valence electrons. The van der Waals surface area contributed by atoms with Crippen molar-refractivity contribution in [1.82, 2.24) is 0 Å². The number of nitrogens with one attached hydrogen (secondary N) is 1. The molecule has 1 fully saturated rings. The van der Waals surface area contributed by atoms with Crippen LogP contribution in [0.25, 0.3) is 0 Å². The van der Waals surface area contributed by atoms with Gasteiger partial charge in [0.2, 0.25) is 5.91 Å². The van der Waals surface area contributed by atoms with Gasteiger partial charge < -0.3 is 20.5 Å². The summed E-state index contributed by atoms with van der Waals surface area (Å²) in [5.74, 6) is -0.124. The zero-order valence-corrected chi connectivity index (χ0v) is 14.9. The molecule has 0 bridgehead atoms. The van der Waals surface area contributed by atoms with Gasteiger partial charge in [0, 0.05) is 11.2 Å². The van der Waals surface area contributed by atoms with Crippen molar-refractivity contribution < 1.29 is 19.1 Å². The van der Waals surface area contributed by atoms with Gasteiger partial charge in [0.25, 0.3) is 0 Å². The lowest BCUT2D eigenvalue weighted by atomic mass is 9.74. The van der Waals surface area contributed by atoms with E-state index in [0.717, 1.165) is 25.7 Å². The number of anilines is 1. The van der Waals surface area contributed by atoms with Crippen LogP contribution in [-0.2, 0) is 14.3 Å². The summed E-state index contributed by atoms with van der Waals surface area (Å²) in [6.45, 7) is 1.80. The SMILES string of the molecule is COC(=O)COc1ccc(NC(=O)C2CCCCC2(C)N)cc1.Cl. The van der Waals surface area contributed by atoms with E-state index in [2.05, 4.69) is 10.1 Å². The van der Waals surface area contributed by atoms with Crippen molar-refractivity contribution in [1.29, 1.82) is 0 Å². The van der Waals surface area contributed by atoms with Crippen LogP contribution in [0, 0.1) is 5.92 Å². The fraction of sp³-hybridized carbons (Fsp3) is 0.529. The lowest BCUT2D eigenvalue weighted by molar-refractivity contribution is -0.142. The Morgan fingerprint density at radius 2 is 1.96 bits per heavy atom. The van der Waals surface area contributed by atoms with Gasteiger partial charge in [0.1, 0.15) is 5.75 Å². The number of ether oxygens (including phenoxy) is 2. The van der Waals surface area contributed by atoms with Crippen molar-refractivity contribution in [2.24, 2.45) is 11.7 Å². The predicted octanol–water partition coefficient (Wildman–Crippen LogP) is 2.51. The number of hydrogen-bond acceptors (Lipinski definition) is 5. The number of amides is 1. The van der Waals surface area contributed by atoms with E-state index >= 15 is 0 Å². The van der Waals surface area contributed by atoms with Gasteiger partial charge in [-0.05, 0) is 44.0 Å². The van der Waals surface area contributed by atoms with Crippen LogP contribution in [-0.4, -0.2) is 31.1 Å². The van der Waals surface area contributed by atoms with Crippen LogP contribution in [0.2, 0.25) is 0 Å². The van der Waals surface area contributed by atoms with Gasteiger partial charge >= 0.3 is 5.97 Å². The highest BCUT2D eigenvalue weighted by atomic mass is 35.5. The Morgan fingerprint density at radius 1 is 1.29 bits per heavy atom. The van der Waals surface area contributed by atoms with Gasteiger partial charge in [0.05, 0.1) is 13.0 Å². The van der Waals surface area contributed by atoms with Gasteiger partial charge in [-0.3, -0.25) is 4.79 Å². The summed E-state index contributed by atoms with van der Waals surface area (Å²) in [6.07, 6.45) is 3.79. The molecule has 2 atom stereocenters. The first-order chi connectivity index (χ1) is 10.9. The van der Waals surface area contributed by atoms with Crippen LogP contribution < -0.4 is 15.8 Å². The summed E-state index contributed by atoms with van der Waals surface area (Å²) in [5, 5.41) is 2.90. The predicted molar refractivity (Wildman–Crippen MR) is 94.4 cm³/mol. The molecule has 0 radical (unpaired) electrons. The van der Waals surface area contributed by atoms with E-state index in [4.69, 9.17) is 10.5 Å². The molecule has 7 heteroatoms. The minimum Gasteiger partial charge on any atom is -0.482 e. The summed E-state index contributed by atoms with van der Waals surface area (Å²) in [7, 11) is 1.31. The number of carbonyl (C=O) groups excluding carboxylic acids is 2. The van der Waals surface area contributed by atoms with E-state index in [1.807, 2.05) is 6.92 Å². The Morgan fingerprint density at radius 3 is 2.54 bits per heavy atom. The summed E-state index contributed by atoms with van der Waals surface area (Å²) in [5.41, 5.74) is 6.49. The van der Waals surface area contributed by atoms with Crippen molar-refractivity contribution in [3.05, 3.63) is 24.3 Å². The molecule has 1 aromatic rings. The molecule has 3 N–H and O–H groups in total. The molecule has 24 heavy (non-hydrogen) atoms. The second kappa shape index (κ2) is 8.89. The maximum atomic E-state index is 12.4. The first-order valence-corrected chi connectivity index (χ1v) is 7.82. The maximum Gasteiger partial charge on any atom is 0.343 e. The summed E-state index contributed by atoms with van der Waals surface area (Å²) < 4.78 is 9.76. The summed E-state index contributed by atoms with van der Waals surface area (Å²) in [6, 6.07) is 6.87. The topological polar surface area (TPSA) is 90.6 Å². The van der Waals surface area contributed by atoms with E-state index in [1.54, 1.807) is 24.3 Å². The highest BCUT2D eigenvalue weighted by molar-refractivity contribution is 5.93. The average molecular weight is 357 g/mol. The zero-order chi connectivity index (χ0) is 16.9. The molecule has 2 rings (SSSR count). The average Bonchev–Trinajstić information content (AvgIpc) is 2.53. The third-order valence-electron chi connectivity index (χ3n) is 4.28. The maximum absolute atomic E-state index is 12.4. The van der Waals surface area contributed by atoms with E-state index < -0.39 is 11.5 Å². The molecule has 0 aliphatic heterocycles. The summed E-state index contributed by atoms with van der Waals surface area (Å²) in [4.78, 5) is 23.5. The molecule has 0 heterocycles. The highest BCUT2D eigenvalue weighted by Crippen LogP contribution is 2.32. The highest BCUT2D eigenvalue weighted by Gasteiger charge is 2.37. The van der Waals surface area contributed by atoms with Gasteiger partial charge in [-0.2, -0.15) is 0 Å². The second-order valence-corrected chi connectivity index (χ2v) is 6.18. The lowest BCUT2D eigenvalue weighted by Gasteiger charge is -2.37. The first kappa shape index (κ1) is 20.3. The Bertz CT molecular complexity index is 560. The Balaban J connectivity index is 0.00000288. The van der Waals surface area contributed by atoms with Crippen molar-refractivity contribution in [3.8, 4) is 5.75 Å². The molecular weight excluding hydrogens is 332 g/mol. The number of carbonyl (C=O) groups is 2. The first-order valence-electron chi connectivity index (χ1n) is 7.82. The van der Waals surface area contributed by atoms with Crippen LogP contribution in [0.5, 0.6) is 5.75 Å². The Hall–Kier alpha value is -1.79. The molecule has 1 aromatic carbocycles. The van der Waals surface area contributed by atoms with E-state index in [1.165, 1.54) is 7.11 Å². The zero-order valence-electron chi connectivity index (χ0n) is 14.0. The van der Waals surface area contributed by atoms with Gasteiger partial charge in [-0.15, -0.1) is 12.4 Å². The van der Waals surface area contributed by atoms with Crippen LogP contribution >= 0.6 is 12.4 Å². The molecule has 2 unspecified atom stereocenters. The van der Waals surface area contributed by atoms with Crippen LogP contribution in [0.4, 0.5) is 5.69 Å². The van der Waals surface area contributed by atoms with Gasteiger partial charge in [-0.1, -0.05) is 12.8 Å². The normalized spacial score (nSPS) is 22.9. The molecule has 1 aliphatic rings. The van der Waals surface area contributed by atoms with Crippen molar-refractivity contribution >= 4 is 30.0 Å². The largest absolute Gasteiger partial charge is 0.482 e. The Kier molecular flexibility index (Phi) is 7.51. The Labute approximate surface area is 148 Å². The number of benzene rings is 1. The molecule has 0 spiro atoms. The number of methoxy groups -OCH3 is 1. The molecule has 1 saturated carbocycles. The molecule has 1 amide bonds. The number of hydrogen-bond donors (Lipinski definition) is 2. The van der Waals surface area contributed by atoms with Crippen molar-refractivity contribution in [3.63, 3.8) is 0 Å². The molecule has 0 aromatic heterocycles. The molecule has 0 saturated heterocycles. The standard InChI is InChI=1S/C17H24N2O4.ClH/c1-17(18)10-4-3-5-14(17)16(21)19-12-6-8-13(9-7-12)23-11-15(20)22-2;/h6-9,14H,3-5,10-11,18H2,1-2H3,(H,19,21);1H. The fourth-order valence-electron chi connectivity index (χ4n) is 2.85. The van der Waals surface area contributed by atoms with Gasteiger partial charge in [-0.25, -0.2) is 4.79 Å². The van der Waals surface area contributed by atoms with Crippen LogP contribution in [0.1, 0.15) is 32.6 Å². The lowest BCUT2D eigenvalue weighted by Crippen LogP contribution is -2.51. The minimum atomic E-state index is -0.452. The smallest absolute Gasteiger partial charge is 0.343 e. The molecule has 6 nitrogen and oxygen atoms in total. The number of esters is 1. The monoisotopic (exact) mass is 356 g/mol. The minimum absolute atomic E-state index is 0.